The lowest BCUT2D eigenvalue weighted by Crippen LogP contribution is -2.37. The van der Waals surface area contributed by atoms with Crippen molar-refractivity contribution in [1.82, 2.24) is 4.31 Å². The van der Waals surface area contributed by atoms with Gasteiger partial charge < -0.3 is 5.11 Å². The van der Waals surface area contributed by atoms with Gasteiger partial charge in [0.2, 0.25) is 10.0 Å². The molecule has 0 unspecified atom stereocenters. The second kappa shape index (κ2) is 6.33. The van der Waals surface area contributed by atoms with Crippen molar-refractivity contribution in [3.05, 3.63) is 70.5 Å². The zero-order chi connectivity index (χ0) is 17.3. The first-order valence-corrected chi connectivity index (χ1v) is 9.04. The van der Waals surface area contributed by atoms with E-state index in [0.717, 1.165) is 0 Å². The number of carbonyl (C=O) groups is 1. The van der Waals surface area contributed by atoms with Gasteiger partial charge in [-0.3, -0.25) is 0 Å². The minimum Gasteiger partial charge on any atom is -0.478 e. The van der Waals surface area contributed by atoms with E-state index in [1.165, 1.54) is 28.6 Å². The lowest BCUT2D eigenvalue weighted by Gasteiger charge is -2.29. The maximum absolute atomic E-state index is 13.7. The molecule has 0 saturated carbocycles. The first-order chi connectivity index (χ1) is 11.4. The largest absolute Gasteiger partial charge is 0.478 e. The summed E-state index contributed by atoms with van der Waals surface area (Å²) in [5, 5.41) is 9.22. The van der Waals surface area contributed by atoms with Crippen LogP contribution in [0.25, 0.3) is 0 Å². The van der Waals surface area contributed by atoms with Crippen molar-refractivity contribution in [2.24, 2.45) is 0 Å². The van der Waals surface area contributed by atoms with Crippen molar-refractivity contribution in [3.8, 4) is 0 Å². The number of nitrogens with zero attached hydrogens (tertiary/aromatic N) is 1. The molecular formula is C17H16FNO4S. The van der Waals surface area contributed by atoms with Crippen molar-refractivity contribution >= 4 is 16.0 Å². The van der Waals surface area contributed by atoms with Gasteiger partial charge in [-0.15, -0.1) is 0 Å². The number of carboxylic acids is 1. The lowest BCUT2D eigenvalue weighted by atomic mass is 9.95. The number of hydrogen-bond donors (Lipinski definition) is 1. The molecule has 2 aromatic carbocycles. The third kappa shape index (κ3) is 3.18. The minimum atomic E-state index is -3.69. The van der Waals surface area contributed by atoms with Crippen molar-refractivity contribution in [2.45, 2.75) is 18.7 Å². The predicted molar refractivity (Wildman–Crippen MR) is 86.5 cm³/mol. The van der Waals surface area contributed by atoms with Gasteiger partial charge in [0, 0.05) is 18.7 Å². The van der Waals surface area contributed by atoms with Gasteiger partial charge in [-0.05, 0) is 29.7 Å². The molecule has 2 aromatic rings. The van der Waals surface area contributed by atoms with Crippen LogP contribution >= 0.6 is 0 Å². The van der Waals surface area contributed by atoms with Crippen LogP contribution in [0.1, 0.15) is 27.0 Å². The zero-order valence-electron chi connectivity index (χ0n) is 12.8. The summed E-state index contributed by atoms with van der Waals surface area (Å²) in [7, 11) is -3.69. The topological polar surface area (TPSA) is 74.7 Å². The number of aromatic carboxylic acids is 1. The van der Waals surface area contributed by atoms with E-state index in [0.29, 0.717) is 17.5 Å². The van der Waals surface area contributed by atoms with E-state index >= 15 is 0 Å². The summed E-state index contributed by atoms with van der Waals surface area (Å²) < 4.78 is 40.2. The van der Waals surface area contributed by atoms with Crippen LogP contribution in [0.15, 0.2) is 42.5 Å². The van der Waals surface area contributed by atoms with Gasteiger partial charge in [0.25, 0.3) is 0 Å². The Morgan fingerprint density at radius 3 is 2.62 bits per heavy atom. The highest BCUT2D eigenvalue weighted by atomic mass is 32.2. The van der Waals surface area contributed by atoms with Gasteiger partial charge in [-0.2, -0.15) is 4.31 Å². The molecule has 126 valence electrons. The summed E-state index contributed by atoms with van der Waals surface area (Å²) in [5.41, 5.74) is 1.68. The van der Waals surface area contributed by atoms with E-state index in [1.807, 2.05) is 0 Å². The summed E-state index contributed by atoms with van der Waals surface area (Å²) in [5.74, 6) is -1.98. The van der Waals surface area contributed by atoms with E-state index in [1.54, 1.807) is 18.2 Å². The number of carboxylic acid groups (broad SMARTS) is 1. The molecule has 1 aliphatic rings. The number of rotatable bonds is 4. The van der Waals surface area contributed by atoms with Crippen molar-refractivity contribution in [3.63, 3.8) is 0 Å². The Morgan fingerprint density at radius 1 is 1.17 bits per heavy atom. The van der Waals surface area contributed by atoms with E-state index in [-0.39, 0.29) is 24.2 Å². The third-order valence-corrected chi connectivity index (χ3v) is 5.92. The van der Waals surface area contributed by atoms with Gasteiger partial charge in [0.05, 0.1) is 11.3 Å². The van der Waals surface area contributed by atoms with E-state index in [9.17, 15) is 22.7 Å². The molecule has 7 heteroatoms. The van der Waals surface area contributed by atoms with Crippen molar-refractivity contribution in [1.29, 1.82) is 0 Å². The smallest absolute Gasteiger partial charge is 0.335 e. The highest BCUT2D eigenvalue weighted by Crippen LogP contribution is 2.26. The highest BCUT2D eigenvalue weighted by Gasteiger charge is 2.29. The maximum Gasteiger partial charge on any atom is 0.335 e. The summed E-state index contributed by atoms with van der Waals surface area (Å²) in [4.78, 5) is 11.3. The second-order valence-corrected chi connectivity index (χ2v) is 7.65. The fraction of sp³-hybridized carbons (Fsp3) is 0.235. The Balaban J connectivity index is 1.86. The molecule has 0 amide bonds. The molecule has 0 fully saturated rings. The molecule has 0 aliphatic carbocycles. The number of hydrogen-bond acceptors (Lipinski definition) is 3. The van der Waals surface area contributed by atoms with Crippen LogP contribution in [0.3, 0.4) is 0 Å². The van der Waals surface area contributed by atoms with E-state index < -0.39 is 27.6 Å². The third-order valence-electron chi connectivity index (χ3n) is 4.15. The van der Waals surface area contributed by atoms with Gasteiger partial charge in [0.15, 0.2) is 0 Å². The molecule has 1 N–H and O–H groups in total. The lowest BCUT2D eigenvalue weighted by molar-refractivity contribution is 0.0695. The maximum atomic E-state index is 13.7. The molecule has 1 aliphatic heterocycles. The Labute approximate surface area is 139 Å². The molecule has 1 heterocycles. The fourth-order valence-corrected chi connectivity index (χ4v) is 4.44. The van der Waals surface area contributed by atoms with Crippen LogP contribution < -0.4 is 0 Å². The molecule has 0 radical (unpaired) electrons. The fourth-order valence-electron chi connectivity index (χ4n) is 2.92. The van der Waals surface area contributed by atoms with Crippen LogP contribution in [0.2, 0.25) is 0 Å². The predicted octanol–water partition coefficient (Wildman–Crippen LogP) is 2.41. The first-order valence-electron chi connectivity index (χ1n) is 7.44. The van der Waals surface area contributed by atoms with Crippen LogP contribution in [-0.2, 0) is 28.7 Å². The van der Waals surface area contributed by atoms with E-state index in [4.69, 9.17) is 0 Å². The average molecular weight is 349 g/mol. The average Bonchev–Trinajstić information content (AvgIpc) is 2.55. The van der Waals surface area contributed by atoms with Gasteiger partial charge in [-0.25, -0.2) is 17.6 Å². The molecule has 0 bridgehead atoms. The van der Waals surface area contributed by atoms with Crippen LogP contribution in [0.4, 0.5) is 4.39 Å². The molecule has 3 rings (SSSR count). The number of fused-ring (bicyclic) bond motifs is 1. The van der Waals surface area contributed by atoms with Crippen molar-refractivity contribution in [2.75, 3.05) is 6.54 Å². The molecule has 5 nitrogen and oxygen atoms in total. The number of benzene rings is 2. The SMILES string of the molecule is O=C(O)c1cccc2c1CCN(S(=O)(=O)Cc1ccccc1F)C2. The zero-order valence-corrected chi connectivity index (χ0v) is 13.6. The standard InChI is InChI=1S/C17H16FNO4S/c18-16-7-2-1-4-13(16)11-24(22,23)19-9-8-14-12(10-19)5-3-6-15(14)17(20)21/h1-7H,8-11H2,(H,20,21). The van der Waals surface area contributed by atoms with E-state index in [2.05, 4.69) is 0 Å². The molecule has 0 spiro atoms. The quantitative estimate of drug-likeness (QED) is 0.920. The van der Waals surface area contributed by atoms with Gasteiger partial charge in [0.1, 0.15) is 5.82 Å². The van der Waals surface area contributed by atoms with Gasteiger partial charge >= 0.3 is 5.97 Å². The van der Waals surface area contributed by atoms with Crippen LogP contribution in [0, 0.1) is 5.82 Å². The highest BCUT2D eigenvalue weighted by molar-refractivity contribution is 7.88. The van der Waals surface area contributed by atoms with Crippen LogP contribution in [-0.4, -0.2) is 30.3 Å². The summed E-state index contributed by atoms with van der Waals surface area (Å²) in [6, 6.07) is 10.6. The monoisotopic (exact) mass is 349 g/mol. The molecule has 0 aromatic heterocycles. The van der Waals surface area contributed by atoms with Crippen molar-refractivity contribution < 1.29 is 22.7 Å². The Bertz CT molecular complexity index is 895. The van der Waals surface area contributed by atoms with Gasteiger partial charge in [-0.1, -0.05) is 30.3 Å². The number of halogens is 1. The van der Waals surface area contributed by atoms with Crippen LogP contribution in [0.5, 0.6) is 0 Å². The summed E-state index contributed by atoms with van der Waals surface area (Å²) in [6.07, 6.45) is 0.328. The summed E-state index contributed by atoms with van der Waals surface area (Å²) >= 11 is 0. The Morgan fingerprint density at radius 2 is 1.92 bits per heavy atom. The Kier molecular flexibility index (Phi) is 4.38. The molecular weight excluding hydrogens is 333 g/mol. The first kappa shape index (κ1) is 16.6. The Hall–Kier alpha value is -2.25. The molecule has 0 atom stereocenters. The minimum absolute atomic E-state index is 0.104. The second-order valence-electron chi connectivity index (χ2n) is 5.68. The normalized spacial score (nSPS) is 15.0. The molecule has 0 saturated heterocycles. The number of sulfonamides is 1. The summed E-state index contributed by atoms with van der Waals surface area (Å²) in [6.45, 7) is 0.293. The molecule has 24 heavy (non-hydrogen) atoms.